The van der Waals surface area contributed by atoms with E-state index in [2.05, 4.69) is 66.8 Å². The van der Waals surface area contributed by atoms with Gasteiger partial charge in [-0.25, -0.2) is 15.4 Å². The van der Waals surface area contributed by atoms with Gasteiger partial charge in [-0.15, -0.1) is 11.6 Å². The van der Waals surface area contributed by atoms with Gasteiger partial charge in [0.15, 0.2) is 0 Å². The summed E-state index contributed by atoms with van der Waals surface area (Å²) in [5.41, 5.74) is 10.1. The van der Waals surface area contributed by atoms with Crippen LogP contribution < -0.4 is 43.0 Å². The third-order valence-electron chi connectivity index (χ3n) is 13.3. The van der Waals surface area contributed by atoms with Crippen molar-refractivity contribution in [1.82, 2.24) is 57.9 Å². The van der Waals surface area contributed by atoms with Crippen LogP contribution in [0, 0.1) is 17.8 Å². The number of hydrogen-bond donors (Lipinski definition) is 8. The maximum absolute atomic E-state index is 13.5. The quantitative estimate of drug-likeness (QED) is 0.0462. The zero-order valence-corrected chi connectivity index (χ0v) is 34.0. The van der Waals surface area contributed by atoms with Crippen LogP contribution in [0.4, 0.5) is 0 Å². The molecule has 0 radical (unpaired) electrons. The van der Waals surface area contributed by atoms with Gasteiger partial charge < -0.3 is 20.1 Å². The number of alkyl halides is 1. The maximum atomic E-state index is 13.5. The van der Waals surface area contributed by atoms with Gasteiger partial charge in [-0.05, 0) is 50.9 Å². The van der Waals surface area contributed by atoms with E-state index in [0.29, 0.717) is 70.0 Å². The first-order chi connectivity index (χ1) is 27.2. The Kier molecular flexibility index (Phi) is 15.0. The fraction of sp³-hybridized carbons (Fsp3) is 0.895. The molecule has 7 fully saturated rings. The Bertz CT molecular complexity index is 1360. The van der Waals surface area contributed by atoms with Crippen LogP contribution in [0.3, 0.4) is 0 Å². The smallest absolute Gasteiger partial charge is 0.249 e. The summed E-state index contributed by atoms with van der Waals surface area (Å²) in [6, 6.07) is 0.546. The lowest BCUT2D eigenvalue weighted by molar-refractivity contribution is -0.151. The number of likely N-dealkylation sites (tertiary alicyclic amines) is 1. The number of imide groups is 2. The monoisotopic (exact) mass is 807 g/mol. The average Bonchev–Trinajstić information content (AvgIpc) is 3.98. The minimum absolute atomic E-state index is 0.0738. The highest BCUT2D eigenvalue weighted by molar-refractivity contribution is 6.21. The molecule has 0 aromatic heterocycles. The number of hydrogen-bond acceptors (Lipinski definition) is 15. The summed E-state index contributed by atoms with van der Waals surface area (Å²) in [5.74, 6) is -1.72. The molecule has 9 unspecified atom stereocenters. The van der Waals surface area contributed by atoms with Gasteiger partial charge in [-0.2, -0.15) is 5.53 Å². The minimum Gasteiger partial charge on any atom is -0.378 e. The number of fused-ring (bicyclic) bond motifs is 2. The van der Waals surface area contributed by atoms with Gasteiger partial charge in [-0.1, -0.05) is 33.1 Å². The molecule has 5 heterocycles. The van der Waals surface area contributed by atoms with Crippen LogP contribution in [0.15, 0.2) is 0 Å². The highest BCUT2D eigenvalue weighted by Crippen LogP contribution is 2.40. The number of nitrogens with zero attached hydrogens (tertiary/aromatic N) is 3. The Balaban J connectivity index is 0.719. The van der Waals surface area contributed by atoms with Crippen LogP contribution in [-0.2, 0) is 28.7 Å². The number of piperidine rings is 1. The Hall–Kier alpha value is -1.87. The molecule has 0 spiro atoms. The van der Waals surface area contributed by atoms with Gasteiger partial charge in [0.1, 0.15) is 6.04 Å². The Labute approximate surface area is 336 Å². The standard InChI is InChI=1S/C38H66ClN11O6/c1-3-23(4-2)30-19-32(50-35(44-30)28(39)21-42-50)43-25-9-8-24(18-25)40-12-14-55-16-17-56-15-13-48-22-26(46-47-48)20-41-29-7-5-6-27-34(29)38(54)49(37(27)53)31-10-11-33(51)45-36(31)52/h23-32,34-35,40-44,46-47H,3-22H2,1-2H3,(H,45,51,52)/t24-,25-,26?,27?,28?,29?,30?,31?,32?,34?,35?/m0/s1. The summed E-state index contributed by atoms with van der Waals surface area (Å²) >= 11 is 6.71. The molecular formula is C38H66ClN11O6. The summed E-state index contributed by atoms with van der Waals surface area (Å²) in [4.78, 5) is 52.0. The molecule has 0 aromatic rings. The van der Waals surface area contributed by atoms with Gasteiger partial charge in [0.2, 0.25) is 23.6 Å². The highest BCUT2D eigenvalue weighted by Gasteiger charge is 2.55. The predicted octanol–water partition coefficient (Wildman–Crippen LogP) is -0.760. The predicted molar refractivity (Wildman–Crippen MR) is 209 cm³/mol. The van der Waals surface area contributed by atoms with Crippen molar-refractivity contribution in [3.8, 4) is 0 Å². The van der Waals surface area contributed by atoms with E-state index in [4.69, 9.17) is 21.1 Å². The largest absolute Gasteiger partial charge is 0.378 e. The average molecular weight is 808 g/mol. The van der Waals surface area contributed by atoms with E-state index in [0.717, 1.165) is 50.2 Å². The number of rotatable bonds is 19. The van der Waals surface area contributed by atoms with E-state index >= 15 is 0 Å². The van der Waals surface area contributed by atoms with Crippen molar-refractivity contribution < 1.29 is 28.7 Å². The van der Waals surface area contributed by atoms with E-state index in [1.807, 2.05) is 0 Å². The van der Waals surface area contributed by atoms with Crippen LogP contribution in [0.2, 0.25) is 0 Å². The molecule has 0 bridgehead atoms. The summed E-state index contributed by atoms with van der Waals surface area (Å²) in [6.45, 7) is 10.6. The Morgan fingerprint density at radius 1 is 0.911 bits per heavy atom. The van der Waals surface area contributed by atoms with Crippen molar-refractivity contribution in [3.05, 3.63) is 0 Å². The van der Waals surface area contributed by atoms with Crippen molar-refractivity contribution in [1.29, 1.82) is 0 Å². The first kappa shape index (κ1) is 42.3. The second-order valence-corrected chi connectivity index (χ2v) is 17.4. The van der Waals surface area contributed by atoms with Crippen LogP contribution in [0.25, 0.3) is 0 Å². The zero-order chi connectivity index (χ0) is 39.2. The topological polar surface area (TPSA) is 193 Å². The van der Waals surface area contributed by atoms with E-state index in [9.17, 15) is 19.2 Å². The molecule has 7 aliphatic rings. The molecule has 5 aliphatic heterocycles. The number of amides is 4. The molecule has 56 heavy (non-hydrogen) atoms. The second kappa shape index (κ2) is 19.9. The molecule has 2 saturated carbocycles. The third-order valence-corrected chi connectivity index (χ3v) is 13.7. The molecule has 8 N–H and O–H groups in total. The molecule has 7 rings (SSSR count). The highest BCUT2D eigenvalue weighted by atomic mass is 35.5. The first-order valence-corrected chi connectivity index (χ1v) is 21.9. The van der Waals surface area contributed by atoms with Gasteiger partial charge in [-0.3, -0.25) is 45.5 Å². The molecule has 4 amide bonds. The molecule has 5 saturated heterocycles. The molecule has 0 aromatic carbocycles. The van der Waals surface area contributed by atoms with E-state index in [-0.39, 0.29) is 60.4 Å². The SMILES string of the molecule is CCC(CC)C1CC(N[C@H]2CC[C@H](NCCOCCOCCN3CC(CNC4CCCC5C(=O)N(C6CCC(=O)NC6=O)C(=O)C45)NN3)C2)N2NCC(Cl)C2N1. The number of carbonyl (C=O) groups excluding carboxylic acids is 4. The van der Waals surface area contributed by atoms with E-state index < -0.39 is 23.8 Å². The molecule has 17 nitrogen and oxygen atoms in total. The van der Waals surface area contributed by atoms with Crippen molar-refractivity contribution >= 4 is 35.2 Å². The fourth-order valence-electron chi connectivity index (χ4n) is 10.3. The Morgan fingerprint density at radius 3 is 2.52 bits per heavy atom. The summed E-state index contributed by atoms with van der Waals surface area (Å²) in [6.07, 6.45) is 9.96. The summed E-state index contributed by atoms with van der Waals surface area (Å²) in [7, 11) is 0. The first-order valence-electron chi connectivity index (χ1n) is 21.5. The lowest BCUT2D eigenvalue weighted by Crippen LogP contribution is -2.67. The van der Waals surface area contributed by atoms with Crippen LogP contribution in [0.1, 0.15) is 84.5 Å². The zero-order valence-electron chi connectivity index (χ0n) is 33.2. The van der Waals surface area contributed by atoms with Crippen molar-refractivity contribution in [2.45, 2.75) is 138 Å². The number of ether oxygens (including phenoxy) is 2. The summed E-state index contributed by atoms with van der Waals surface area (Å²) in [5, 5.41) is 21.9. The summed E-state index contributed by atoms with van der Waals surface area (Å²) < 4.78 is 11.7. The van der Waals surface area contributed by atoms with Crippen molar-refractivity contribution in [2.75, 3.05) is 59.2 Å². The van der Waals surface area contributed by atoms with Crippen LogP contribution in [-0.4, -0.2) is 152 Å². The van der Waals surface area contributed by atoms with Gasteiger partial charge >= 0.3 is 0 Å². The van der Waals surface area contributed by atoms with E-state index in [1.54, 1.807) is 0 Å². The third kappa shape index (κ3) is 9.93. The van der Waals surface area contributed by atoms with Crippen LogP contribution in [0.5, 0.6) is 0 Å². The number of hydrazine groups is 3. The molecular weight excluding hydrogens is 742 g/mol. The molecule has 11 atom stereocenters. The van der Waals surface area contributed by atoms with Gasteiger partial charge in [0, 0.05) is 69.4 Å². The lowest BCUT2D eigenvalue weighted by Gasteiger charge is -2.46. The molecule has 316 valence electrons. The Morgan fingerprint density at radius 2 is 1.71 bits per heavy atom. The lowest BCUT2D eigenvalue weighted by atomic mass is 9.77. The van der Waals surface area contributed by atoms with E-state index in [1.165, 1.54) is 25.7 Å². The number of nitrogens with one attached hydrogen (secondary N) is 8. The number of halogens is 1. The van der Waals surface area contributed by atoms with Crippen molar-refractivity contribution in [2.24, 2.45) is 17.8 Å². The number of carbonyl (C=O) groups is 4. The molecule has 18 heteroatoms. The normalized spacial score (nSPS) is 36.9. The van der Waals surface area contributed by atoms with Gasteiger partial charge in [0.05, 0.1) is 56.0 Å². The van der Waals surface area contributed by atoms with Crippen molar-refractivity contribution in [3.63, 3.8) is 0 Å². The van der Waals surface area contributed by atoms with Crippen LogP contribution >= 0.6 is 11.6 Å². The van der Waals surface area contributed by atoms with Gasteiger partial charge in [0.25, 0.3) is 0 Å². The molecule has 2 aliphatic carbocycles. The maximum Gasteiger partial charge on any atom is 0.249 e. The minimum atomic E-state index is -0.896. The second-order valence-electron chi connectivity index (χ2n) is 16.9. The fourth-order valence-corrected chi connectivity index (χ4v) is 10.6.